The summed E-state index contributed by atoms with van der Waals surface area (Å²) >= 11 is 6.12. The number of phosphoric ester groups is 1. The van der Waals surface area contributed by atoms with E-state index in [-0.39, 0.29) is 12.4 Å². The van der Waals surface area contributed by atoms with Gasteiger partial charge < -0.3 is 20.7 Å². The normalized spacial score (nSPS) is 34.3. The average Bonchev–Trinajstić information content (AvgIpc) is 3.31. The second-order valence-electron chi connectivity index (χ2n) is 9.73. The Morgan fingerprint density at radius 1 is 1.31 bits per heavy atom. The number of imidazole rings is 1. The summed E-state index contributed by atoms with van der Waals surface area (Å²) in [6, 6.07) is 7.06. The van der Waals surface area contributed by atoms with Gasteiger partial charge in [-0.25, -0.2) is 19.5 Å². The molecule has 0 amide bonds. The highest BCUT2D eigenvalue weighted by Gasteiger charge is 2.55. The van der Waals surface area contributed by atoms with Crippen LogP contribution in [-0.4, -0.2) is 59.7 Å². The van der Waals surface area contributed by atoms with Crippen molar-refractivity contribution >= 4 is 36.4 Å². The van der Waals surface area contributed by atoms with Crippen LogP contribution in [0.25, 0.3) is 11.2 Å². The van der Waals surface area contributed by atoms with Gasteiger partial charge in [-0.05, 0) is 38.5 Å². The first-order valence-corrected chi connectivity index (χ1v) is 13.1. The van der Waals surface area contributed by atoms with Crippen LogP contribution >= 0.6 is 19.4 Å². The van der Waals surface area contributed by atoms with E-state index in [1.807, 2.05) is 6.07 Å². The first-order chi connectivity index (χ1) is 16.9. The van der Waals surface area contributed by atoms with Crippen LogP contribution < -0.4 is 5.73 Å². The molecule has 2 aliphatic rings. The second kappa shape index (κ2) is 9.00. The number of fused-ring (bicyclic) bond motifs is 1. The van der Waals surface area contributed by atoms with Gasteiger partial charge >= 0.3 is 7.82 Å². The zero-order chi connectivity index (χ0) is 25.9. The molecule has 0 spiro atoms. The largest absolute Gasteiger partial charge is 0.476 e. The van der Waals surface area contributed by atoms with Gasteiger partial charge in [-0.1, -0.05) is 23.7 Å². The van der Waals surface area contributed by atoms with Crippen molar-refractivity contribution in [3.05, 3.63) is 47.5 Å². The van der Waals surface area contributed by atoms with E-state index in [0.29, 0.717) is 22.6 Å². The number of halogens is 1. The van der Waals surface area contributed by atoms with Gasteiger partial charge in [-0.2, -0.15) is 0 Å². The molecule has 2 saturated heterocycles. The first-order valence-electron chi connectivity index (χ1n) is 11.3. The molecule has 3 aromatic rings. The highest BCUT2D eigenvalue weighted by atomic mass is 35.5. The molecule has 0 radical (unpaired) electrons. The maximum absolute atomic E-state index is 13.5. The molecule has 2 aromatic heterocycles. The van der Waals surface area contributed by atoms with Crippen molar-refractivity contribution in [2.45, 2.75) is 62.9 Å². The van der Waals surface area contributed by atoms with Crippen molar-refractivity contribution in [2.24, 2.45) is 0 Å². The van der Waals surface area contributed by atoms with E-state index in [1.54, 1.807) is 32.0 Å². The quantitative estimate of drug-likeness (QED) is 0.408. The van der Waals surface area contributed by atoms with Crippen molar-refractivity contribution < 1.29 is 33.1 Å². The fourth-order valence-electron chi connectivity index (χ4n) is 4.53. The number of aliphatic hydroxyl groups excluding tert-OH is 1. The maximum atomic E-state index is 13.5. The molecule has 4 heterocycles. The molecule has 0 saturated carbocycles. The summed E-state index contributed by atoms with van der Waals surface area (Å²) in [5.74, 6) is 0.165. The van der Waals surface area contributed by atoms with E-state index >= 15 is 0 Å². The van der Waals surface area contributed by atoms with Gasteiger partial charge in [0.2, 0.25) is 0 Å². The third-order valence-corrected chi connectivity index (χ3v) is 8.23. The van der Waals surface area contributed by atoms with Crippen molar-refractivity contribution in [2.75, 3.05) is 12.3 Å². The van der Waals surface area contributed by atoms with Crippen LogP contribution in [0.2, 0.25) is 5.02 Å². The monoisotopic (exact) mass is 539 g/mol. The lowest BCUT2D eigenvalue weighted by atomic mass is 9.96. The molecule has 36 heavy (non-hydrogen) atoms. The Kier molecular flexibility index (Phi) is 6.37. The molecule has 0 aliphatic carbocycles. The van der Waals surface area contributed by atoms with E-state index < -0.39 is 43.6 Å². The number of aliphatic hydroxyl groups is 2. The Balaban J connectivity index is 1.35. The van der Waals surface area contributed by atoms with E-state index in [2.05, 4.69) is 15.0 Å². The van der Waals surface area contributed by atoms with Crippen LogP contribution in [0.4, 0.5) is 5.82 Å². The molecule has 1 aromatic carbocycles. The molecule has 14 heteroatoms. The number of hydrogen-bond acceptors (Lipinski definition) is 11. The molecular formula is C22H27ClN5O7P. The highest BCUT2D eigenvalue weighted by molar-refractivity contribution is 7.48. The summed E-state index contributed by atoms with van der Waals surface area (Å²) in [5.41, 5.74) is 4.63. The Bertz CT molecular complexity index is 1340. The Labute approximate surface area is 211 Å². The van der Waals surface area contributed by atoms with Crippen molar-refractivity contribution in [1.82, 2.24) is 19.5 Å². The van der Waals surface area contributed by atoms with Crippen molar-refractivity contribution in [1.29, 1.82) is 0 Å². The fourth-order valence-corrected chi connectivity index (χ4v) is 6.40. The Hall–Kier alpha value is -2.15. The van der Waals surface area contributed by atoms with Crippen LogP contribution in [0.15, 0.2) is 36.9 Å². The fraction of sp³-hybridized carbons (Fsp3) is 0.500. The number of nitrogens with two attached hydrogens (primary N) is 1. The Morgan fingerprint density at radius 2 is 2.08 bits per heavy atom. The number of anilines is 1. The number of benzene rings is 1. The molecule has 2 fully saturated rings. The predicted molar refractivity (Wildman–Crippen MR) is 129 cm³/mol. The van der Waals surface area contributed by atoms with Gasteiger partial charge in [0.05, 0.1) is 24.6 Å². The van der Waals surface area contributed by atoms with Crippen molar-refractivity contribution in [3.63, 3.8) is 0 Å². The van der Waals surface area contributed by atoms with Crippen LogP contribution in [-0.2, 0) is 22.9 Å². The summed E-state index contributed by atoms with van der Waals surface area (Å²) < 4.78 is 38.0. The van der Waals surface area contributed by atoms with E-state index in [4.69, 9.17) is 35.6 Å². The predicted octanol–water partition coefficient (Wildman–Crippen LogP) is 3.15. The maximum Gasteiger partial charge on any atom is 0.476 e. The van der Waals surface area contributed by atoms with E-state index in [9.17, 15) is 14.8 Å². The number of hydrogen-bond donors (Lipinski definition) is 3. The van der Waals surface area contributed by atoms with Gasteiger partial charge in [0.1, 0.15) is 29.7 Å². The van der Waals surface area contributed by atoms with Gasteiger partial charge in [-0.15, -0.1) is 0 Å². The molecule has 4 N–H and O–H groups in total. The number of nitrogen functional groups attached to an aromatic ring is 1. The van der Waals surface area contributed by atoms with Crippen LogP contribution in [0, 0.1) is 0 Å². The van der Waals surface area contributed by atoms with Gasteiger partial charge in [-0.3, -0.25) is 18.1 Å². The third-order valence-electron chi connectivity index (χ3n) is 6.30. The minimum atomic E-state index is -4.09. The van der Waals surface area contributed by atoms with Crippen LogP contribution in [0.3, 0.4) is 0 Å². The molecule has 0 bridgehead atoms. The minimum Gasteiger partial charge on any atom is -0.387 e. The Morgan fingerprint density at radius 3 is 2.83 bits per heavy atom. The van der Waals surface area contributed by atoms with Crippen molar-refractivity contribution in [3.8, 4) is 0 Å². The second-order valence-corrected chi connectivity index (χ2v) is 11.7. The molecule has 6 atom stereocenters. The topological polar surface area (TPSA) is 164 Å². The zero-order valence-electron chi connectivity index (χ0n) is 19.8. The van der Waals surface area contributed by atoms with Gasteiger partial charge in [0, 0.05) is 11.4 Å². The third kappa shape index (κ3) is 4.64. The first kappa shape index (κ1) is 25.5. The number of phosphoric acid groups is 1. The number of rotatable bonds is 5. The highest BCUT2D eigenvalue weighted by Crippen LogP contribution is 2.62. The molecule has 5 rings (SSSR count). The number of aromatic nitrogens is 4. The standard InChI is InChI=1S/C22H27ClN5O7P/c1-21(2)8-14(12-5-4-6-13(23)7-12)34-36(31,35-21)32-9-15-17(29)22(3,30)20(33-15)28-11-27-16-18(24)25-10-26-19(16)28/h4-7,10-11,14-15,17,20,29-30H,8-9H2,1-3H3,(H2,24,25,26)/t14-,15+,17+,20+,22+,36?/m0/s1. The van der Waals surface area contributed by atoms with Gasteiger partial charge in [0.25, 0.3) is 0 Å². The van der Waals surface area contributed by atoms with E-state index in [0.717, 1.165) is 5.56 Å². The summed E-state index contributed by atoms with van der Waals surface area (Å²) in [4.78, 5) is 12.2. The van der Waals surface area contributed by atoms with Crippen LogP contribution in [0.1, 0.15) is 45.1 Å². The van der Waals surface area contributed by atoms with E-state index in [1.165, 1.54) is 24.1 Å². The molecular weight excluding hydrogens is 513 g/mol. The summed E-state index contributed by atoms with van der Waals surface area (Å²) in [6.45, 7) is 4.59. The zero-order valence-corrected chi connectivity index (χ0v) is 21.5. The van der Waals surface area contributed by atoms with Gasteiger partial charge in [0.15, 0.2) is 17.7 Å². The molecule has 1 unspecified atom stereocenters. The SMILES string of the molecule is CC1(C)C[C@@H](c2cccc(Cl)c2)OP(=O)(OC[C@H]2O[C@@H](n3cnc4c(N)ncnc43)[C@](C)(O)[C@@H]2O)O1. The summed E-state index contributed by atoms with van der Waals surface area (Å²) in [7, 11) is -4.09. The summed E-state index contributed by atoms with van der Waals surface area (Å²) in [5, 5.41) is 22.5. The van der Waals surface area contributed by atoms with Crippen LogP contribution in [0.5, 0.6) is 0 Å². The lowest BCUT2D eigenvalue weighted by Gasteiger charge is -2.39. The molecule has 12 nitrogen and oxygen atoms in total. The smallest absolute Gasteiger partial charge is 0.387 e. The molecule has 2 aliphatic heterocycles. The number of nitrogens with zero attached hydrogens (tertiary/aromatic N) is 4. The summed E-state index contributed by atoms with van der Waals surface area (Å²) in [6.07, 6.45) is -1.10. The number of ether oxygens (including phenoxy) is 1. The lowest BCUT2D eigenvalue weighted by Crippen LogP contribution is -2.44. The minimum absolute atomic E-state index is 0.165. The average molecular weight is 540 g/mol. The molecule has 194 valence electrons. The lowest BCUT2D eigenvalue weighted by molar-refractivity contribution is -0.0967.